The number of benzene rings is 1. The van der Waals surface area contributed by atoms with Crippen LogP contribution in [0, 0.1) is 5.82 Å². The van der Waals surface area contributed by atoms with Gasteiger partial charge in [-0.05, 0) is 49.8 Å². The fraction of sp³-hybridized carbons (Fsp3) is 0.211. The third kappa shape index (κ3) is 2.97. The SMILES string of the molecule is COc1ccc(-c2cc(OC)c(C=C3N=C(C)C=C3C)[nH]2)cc1F. The number of nitrogens with one attached hydrogen (secondary N) is 1. The average molecular weight is 326 g/mol. The second kappa shape index (κ2) is 6.35. The Hall–Kier alpha value is -2.82. The molecule has 1 N–H and O–H groups in total. The van der Waals surface area contributed by atoms with E-state index in [0.29, 0.717) is 5.75 Å². The van der Waals surface area contributed by atoms with Gasteiger partial charge in [-0.2, -0.15) is 0 Å². The lowest BCUT2D eigenvalue weighted by Crippen LogP contribution is -1.88. The molecule has 1 aliphatic heterocycles. The summed E-state index contributed by atoms with van der Waals surface area (Å²) in [5, 5.41) is 0. The number of aromatic amines is 1. The van der Waals surface area contributed by atoms with Crippen LogP contribution in [0.15, 0.2) is 46.6 Å². The van der Waals surface area contributed by atoms with Crippen molar-refractivity contribution in [1.82, 2.24) is 4.98 Å². The van der Waals surface area contributed by atoms with E-state index in [4.69, 9.17) is 9.47 Å². The van der Waals surface area contributed by atoms with Crippen LogP contribution in [0.5, 0.6) is 11.5 Å². The van der Waals surface area contributed by atoms with Crippen LogP contribution >= 0.6 is 0 Å². The molecule has 3 rings (SSSR count). The zero-order valence-electron chi connectivity index (χ0n) is 14.1. The van der Waals surface area contributed by atoms with Gasteiger partial charge in [0.1, 0.15) is 5.75 Å². The summed E-state index contributed by atoms with van der Waals surface area (Å²) in [5.41, 5.74) is 5.24. The molecule has 2 heterocycles. The van der Waals surface area contributed by atoms with Crippen LogP contribution in [-0.2, 0) is 0 Å². The van der Waals surface area contributed by atoms with Crippen LogP contribution in [0.3, 0.4) is 0 Å². The Labute approximate surface area is 140 Å². The topological polar surface area (TPSA) is 46.6 Å². The molecular weight excluding hydrogens is 307 g/mol. The molecule has 0 unspecified atom stereocenters. The van der Waals surface area contributed by atoms with Gasteiger partial charge in [0, 0.05) is 23.0 Å². The molecule has 0 aliphatic carbocycles. The first-order valence-electron chi connectivity index (χ1n) is 7.58. The zero-order valence-corrected chi connectivity index (χ0v) is 14.1. The maximum absolute atomic E-state index is 13.9. The first-order valence-corrected chi connectivity index (χ1v) is 7.58. The second-order valence-electron chi connectivity index (χ2n) is 5.62. The van der Waals surface area contributed by atoms with Gasteiger partial charge in [0.05, 0.1) is 25.6 Å². The minimum Gasteiger partial charge on any atom is -0.494 e. The molecule has 0 atom stereocenters. The molecule has 24 heavy (non-hydrogen) atoms. The van der Waals surface area contributed by atoms with Crippen molar-refractivity contribution in [3.63, 3.8) is 0 Å². The fourth-order valence-electron chi connectivity index (χ4n) is 2.70. The lowest BCUT2D eigenvalue weighted by atomic mass is 10.1. The highest BCUT2D eigenvalue weighted by atomic mass is 19.1. The number of ether oxygens (including phenoxy) is 2. The van der Waals surface area contributed by atoms with Gasteiger partial charge in [-0.3, -0.25) is 4.99 Å². The van der Waals surface area contributed by atoms with Crippen molar-refractivity contribution < 1.29 is 13.9 Å². The summed E-state index contributed by atoms with van der Waals surface area (Å²) in [6.45, 7) is 3.98. The first kappa shape index (κ1) is 16.1. The van der Waals surface area contributed by atoms with Crippen molar-refractivity contribution in [3.05, 3.63) is 53.1 Å². The van der Waals surface area contributed by atoms with Gasteiger partial charge < -0.3 is 14.5 Å². The molecule has 0 amide bonds. The molecule has 5 heteroatoms. The number of hydrogen-bond acceptors (Lipinski definition) is 3. The summed E-state index contributed by atoms with van der Waals surface area (Å²) in [6.07, 6.45) is 3.96. The van der Waals surface area contributed by atoms with E-state index in [9.17, 15) is 4.39 Å². The van der Waals surface area contributed by atoms with E-state index in [1.165, 1.54) is 13.2 Å². The Morgan fingerprint density at radius 2 is 1.83 bits per heavy atom. The lowest BCUT2D eigenvalue weighted by molar-refractivity contribution is 0.386. The number of aromatic nitrogens is 1. The smallest absolute Gasteiger partial charge is 0.165 e. The van der Waals surface area contributed by atoms with E-state index >= 15 is 0 Å². The van der Waals surface area contributed by atoms with Crippen molar-refractivity contribution in [3.8, 4) is 22.8 Å². The molecule has 1 aromatic carbocycles. The van der Waals surface area contributed by atoms with E-state index in [2.05, 4.69) is 9.98 Å². The number of methoxy groups -OCH3 is 2. The monoisotopic (exact) mass is 326 g/mol. The Balaban J connectivity index is 2.01. The van der Waals surface area contributed by atoms with Crippen LogP contribution < -0.4 is 9.47 Å². The summed E-state index contributed by atoms with van der Waals surface area (Å²) < 4.78 is 24.3. The van der Waals surface area contributed by atoms with Crippen molar-refractivity contribution in [2.75, 3.05) is 14.2 Å². The number of hydrogen-bond donors (Lipinski definition) is 1. The van der Waals surface area contributed by atoms with Gasteiger partial charge in [-0.25, -0.2) is 4.39 Å². The maximum atomic E-state index is 13.9. The molecule has 0 bridgehead atoms. The number of aliphatic imine (C=N–C) groups is 1. The largest absolute Gasteiger partial charge is 0.494 e. The molecule has 0 radical (unpaired) electrons. The van der Waals surface area contributed by atoms with Gasteiger partial charge in [0.25, 0.3) is 0 Å². The Morgan fingerprint density at radius 1 is 1.08 bits per heavy atom. The molecule has 1 aromatic heterocycles. The number of halogens is 1. The number of H-pyrrole nitrogens is 1. The highest BCUT2D eigenvalue weighted by molar-refractivity contribution is 5.98. The minimum absolute atomic E-state index is 0.219. The van der Waals surface area contributed by atoms with Gasteiger partial charge >= 0.3 is 0 Å². The Morgan fingerprint density at radius 3 is 2.42 bits per heavy atom. The molecule has 0 spiro atoms. The average Bonchev–Trinajstić information content (AvgIpc) is 3.10. The van der Waals surface area contributed by atoms with Crippen molar-refractivity contribution in [2.45, 2.75) is 13.8 Å². The molecule has 0 saturated heterocycles. The van der Waals surface area contributed by atoms with Crippen LogP contribution in [0.1, 0.15) is 19.5 Å². The highest BCUT2D eigenvalue weighted by Crippen LogP contribution is 2.32. The van der Waals surface area contributed by atoms with Gasteiger partial charge in [-0.1, -0.05) is 0 Å². The highest BCUT2D eigenvalue weighted by Gasteiger charge is 2.14. The standard InChI is InChI=1S/C19H19FN2O2/c1-11-7-12(2)21-15(11)9-17-19(24-4)10-16(22-17)13-5-6-18(23-3)14(20)8-13/h5-10,22H,1-4H3. The lowest BCUT2D eigenvalue weighted by Gasteiger charge is -2.03. The predicted molar refractivity (Wildman–Crippen MR) is 94.1 cm³/mol. The summed E-state index contributed by atoms with van der Waals surface area (Å²) in [6, 6.07) is 6.68. The first-order chi connectivity index (χ1) is 11.5. The molecule has 4 nitrogen and oxygen atoms in total. The molecule has 2 aromatic rings. The Kier molecular flexibility index (Phi) is 4.25. The summed E-state index contributed by atoms with van der Waals surface area (Å²) in [7, 11) is 3.05. The maximum Gasteiger partial charge on any atom is 0.165 e. The summed E-state index contributed by atoms with van der Waals surface area (Å²) in [5.74, 6) is 0.496. The van der Waals surface area contributed by atoms with Crippen LogP contribution in [0.25, 0.3) is 17.3 Å². The zero-order chi connectivity index (χ0) is 17.3. The van der Waals surface area contributed by atoms with Crippen molar-refractivity contribution >= 4 is 11.8 Å². The number of rotatable bonds is 4. The molecule has 0 saturated carbocycles. The summed E-state index contributed by atoms with van der Waals surface area (Å²) in [4.78, 5) is 7.76. The van der Waals surface area contributed by atoms with Crippen LogP contribution in [0.2, 0.25) is 0 Å². The van der Waals surface area contributed by atoms with Crippen molar-refractivity contribution in [1.29, 1.82) is 0 Å². The second-order valence-corrected chi connectivity index (χ2v) is 5.62. The van der Waals surface area contributed by atoms with E-state index in [-0.39, 0.29) is 5.75 Å². The van der Waals surface area contributed by atoms with E-state index < -0.39 is 5.82 Å². The van der Waals surface area contributed by atoms with E-state index in [1.54, 1.807) is 19.2 Å². The normalized spacial score (nSPS) is 15.5. The Bertz CT molecular complexity index is 875. The molecule has 124 valence electrons. The van der Waals surface area contributed by atoms with E-state index in [1.807, 2.05) is 32.1 Å². The van der Waals surface area contributed by atoms with Crippen molar-refractivity contribution in [2.24, 2.45) is 4.99 Å². The van der Waals surface area contributed by atoms with Gasteiger partial charge in [0.15, 0.2) is 11.6 Å². The number of allylic oxidation sites excluding steroid dienone is 2. The number of nitrogens with zero attached hydrogens (tertiary/aromatic N) is 1. The third-order valence-corrected chi connectivity index (χ3v) is 3.90. The van der Waals surface area contributed by atoms with Gasteiger partial charge in [0.2, 0.25) is 0 Å². The minimum atomic E-state index is -0.404. The van der Waals surface area contributed by atoms with Gasteiger partial charge in [-0.15, -0.1) is 0 Å². The van der Waals surface area contributed by atoms with Crippen LogP contribution in [0.4, 0.5) is 4.39 Å². The fourth-order valence-corrected chi connectivity index (χ4v) is 2.70. The molecular formula is C19H19FN2O2. The van der Waals surface area contributed by atoms with Crippen LogP contribution in [-0.4, -0.2) is 24.9 Å². The molecule has 0 fully saturated rings. The van der Waals surface area contributed by atoms with E-state index in [0.717, 1.165) is 33.9 Å². The third-order valence-electron chi connectivity index (χ3n) is 3.90. The molecule has 1 aliphatic rings. The quantitative estimate of drug-likeness (QED) is 0.892. The predicted octanol–water partition coefficient (Wildman–Crippen LogP) is 4.60. The summed E-state index contributed by atoms with van der Waals surface area (Å²) >= 11 is 0.